The number of aromatic nitrogens is 4. The Bertz CT molecular complexity index is 484. The van der Waals surface area contributed by atoms with Gasteiger partial charge in [-0.3, -0.25) is 9.89 Å². The minimum absolute atomic E-state index is 0.262. The summed E-state index contributed by atoms with van der Waals surface area (Å²) in [5.41, 5.74) is 1.27. The average Bonchev–Trinajstić information content (AvgIpc) is 2.75. The van der Waals surface area contributed by atoms with Crippen molar-refractivity contribution in [2.24, 2.45) is 7.05 Å². The lowest BCUT2D eigenvalue weighted by atomic mass is 10.4. The summed E-state index contributed by atoms with van der Waals surface area (Å²) in [6.45, 7) is 1.86. The minimum atomic E-state index is -0.262. The van der Waals surface area contributed by atoms with Gasteiger partial charge in [0, 0.05) is 25.0 Å². The number of H-pyrrole nitrogens is 1. The van der Waals surface area contributed by atoms with E-state index >= 15 is 0 Å². The van der Waals surface area contributed by atoms with Gasteiger partial charge < -0.3 is 9.88 Å². The van der Waals surface area contributed by atoms with Gasteiger partial charge in [-0.15, -0.1) is 0 Å². The third kappa shape index (κ3) is 2.04. The SMILES string of the molecule is Cc1cc(NC(=O)c2cn(C)cn2)n[nH]1. The number of amides is 1. The number of nitrogens with zero attached hydrogens (tertiary/aromatic N) is 3. The van der Waals surface area contributed by atoms with E-state index < -0.39 is 0 Å². The molecule has 2 N–H and O–H groups in total. The number of imidazole rings is 1. The van der Waals surface area contributed by atoms with Crippen molar-refractivity contribution in [2.75, 3.05) is 5.32 Å². The van der Waals surface area contributed by atoms with Gasteiger partial charge in [-0.05, 0) is 6.92 Å². The molecule has 0 aromatic carbocycles. The largest absolute Gasteiger partial charge is 0.340 e. The van der Waals surface area contributed by atoms with E-state index in [4.69, 9.17) is 0 Å². The number of anilines is 1. The molecule has 0 fully saturated rings. The zero-order valence-electron chi connectivity index (χ0n) is 8.48. The number of hydrogen-bond donors (Lipinski definition) is 2. The number of carbonyl (C=O) groups is 1. The Hall–Kier alpha value is -2.11. The van der Waals surface area contributed by atoms with E-state index in [0.29, 0.717) is 11.5 Å². The second kappa shape index (κ2) is 3.56. The van der Waals surface area contributed by atoms with Crippen LogP contribution in [0.15, 0.2) is 18.6 Å². The Morgan fingerprint density at radius 3 is 2.93 bits per heavy atom. The van der Waals surface area contributed by atoms with Gasteiger partial charge in [-0.25, -0.2) is 4.98 Å². The molecule has 0 aliphatic rings. The molecule has 0 atom stereocenters. The third-order valence-electron chi connectivity index (χ3n) is 1.89. The van der Waals surface area contributed by atoms with Crippen molar-refractivity contribution in [1.82, 2.24) is 19.7 Å². The molecule has 0 radical (unpaired) electrons. The van der Waals surface area contributed by atoms with E-state index in [2.05, 4.69) is 20.5 Å². The molecule has 0 aliphatic heterocycles. The van der Waals surface area contributed by atoms with E-state index in [-0.39, 0.29) is 5.91 Å². The molecule has 2 aromatic rings. The normalized spacial score (nSPS) is 10.3. The van der Waals surface area contributed by atoms with Crippen molar-refractivity contribution in [3.63, 3.8) is 0 Å². The lowest BCUT2D eigenvalue weighted by Crippen LogP contribution is -2.12. The van der Waals surface area contributed by atoms with Crippen LogP contribution in [0.5, 0.6) is 0 Å². The third-order valence-corrected chi connectivity index (χ3v) is 1.89. The highest BCUT2D eigenvalue weighted by Crippen LogP contribution is 2.05. The van der Waals surface area contributed by atoms with Gasteiger partial charge in [0.05, 0.1) is 6.33 Å². The Morgan fingerprint density at radius 1 is 1.60 bits per heavy atom. The smallest absolute Gasteiger partial charge is 0.277 e. The summed E-state index contributed by atoms with van der Waals surface area (Å²) >= 11 is 0. The van der Waals surface area contributed by atoms with E-state index in [1.807, 2.05) is 14.0 Å². The summed E-state index contributed by atoms with van der Waals surface area (Å²) in [5.74, 6) is 0.241. The quantitative estimate of drug-likeness (QED) is 0.757. The maximum atomic E-state index is 11.6. The second-order valence-electron chi connectivity index (χ2n) is 3.31. The fraction of sp³-hybridized carbons (Fsp3) is 0.222. The van der Waals surface area contributed by atoms with E-state index in [1.165, 1.54) is 0 Å². The molecule has 0 aliphatic carbocycles. The van der Waals surface area contributed by atoms with Gasteiger partial charge in [-0.2, -0.15) is 5.10 Å². The predicted molar refractivity (Wildman–Crippen MR) is 54.5 cm³/mol. The number of hydrogen-bond acceptors (Lipinski definition) is 3. The molecule has 6 nitrogen and oxygen atoms in total. The number of rotatable bonds is 2. The molecule has 2 aromatic heterocycles. The summed E-state index contributed by atoms with van der Waals surface area (Å²) in [4.78, 5) is 15.5. The molecule has 78 valence electrons. The highest BCUT2D eigenvalue weighted by atomic mass is 16.2. The number of aromatic amines is 1. The second-order valence-corrected chi connectivity index (χ2v) is 3.31. The molecule has 1 amide bonds. The van der Waals surface area contributed by atoms with Crippen LogP contribution in [0.4, 0.5) is 5.82 Å². The van der Waals surface area contributed by atoms with Gasteiger partial charge in [0.25, 0.3) is 5.91 Å². The lowest BCUT2D eigenvalue weighted by molar-refractivity contribution is 0.102. The highest BCUT2D eigenvalue weighted by Gasteiger charge is 2.09. The zero-order valence-corrected chi connectivity index (χ0v) is 8.48. The average molecular weight is 205 g/mol. The Labute approximate surface area is 86.3 Å². The molecule has 0 spiro atoms. The molecular weight excluding hydrogens is 194 g/mol. The summed E-state index contributed by atoms with van der Waals surface area (Å²) in [7, 11) is 1.81. The first-order valence-corrected chi connectivity index (χ1v) is 4.46. The van der Waals surface area contributed by atoms with Gasteiger partial charge in [0.2, 0.25) is 0 Å². The standard InChI is InChI=1S/C9H11N5O/c1-6-3-8(13-12-6)11-9(15)7-4-14(2)5-10-7/h3-5H,1-2H3,(H2,11,12,13,15). The van der Waals surface area contributed by atoms with E-state index in [0.717, 1.165) is 5.69 Å². The highest BCUT2D eigenvalue weighted by molar-refractivity contribution is 6.02. The minimum Gasteiger partial charge on any atom is -0.340 e. The molecule has 0 bridgehead atoms. The first-order valence-electron chi connectivity index (χ1n) is 4.46. The fourth-order valence-corrected chi connectivity index (χ4v) is 1.19. The molecule has 15 heavy (non-hydrogen) atoms. The van der Waals surface area contributed by atoms with Crippen molar-refractivity contribution in [3.8, 4) is 0 Å². The van der Waals surface area contributed by atoms with Crippen LogP contribution in [0.25, 0.3) is 0 Å². The van der Waals surface area contributed by atoms with Crippen molar-refractivity contribution in [2.45, 2.75) is 6.92 Å². The molecule has 2 heterocycles. The maximum absolute atomic E-state index is 11.6. The van der Waals surface area contributed by atoms with Crippen LogP contribution in [0, 0.1) is 6.92 Å². The Balaban J connectivity index is 2.10. The van der Waals surface area contributed by atoms with Gasteiger partial charge >= 0.3 is 0 Å². The summed E-state index contributed by atoms with van der Waals surface area (Å²) < 4.78 is 1.71. The monoisotopic (exact) mass is 205 g/mol. The first kappa shape index (κ1) is 9.45. The predicted octanol–water partition coefficient (Wildman–Crippen LogP) is 0.704. The Morgan fingerprint density at radius 2 is 2.40 bits per heavy atom. The molecule has 6 heteroatoms. The summed E-state index contributed by atoms with van der Waals surface area (Å²) in [5, 5.41) is 9.27. The van der Waals surface area contributed by atoms with Crippen LogP contribution in [-0.2, 0) is 7.05 Å². The van der Waals surface area contributed by atoms with Crippen LogP contribution in [0.1, 0.15) is 16.2 Å². The topological polar surface area (TPSA) is 75.6 Å². The van der Waals surface area contributed by atoms with Crippen molar-refractivity contribution < 1.29 is 4.79 Å². The van der Waals surface area contributed by atoms with Gasteiger partial charge in [-0.1, -0.05) is 0 Å². The molecule has 0 unspecified atom stereocenters. The van der Waals surface area contributed by atoms with E-state index in [1.54, 1.807) is 23.2 Å². The van der Waals surface area contributed by atoms with Gasteiger partial charge in [0.1, 0.15) is 5.69 Å². The van der Waals surface area contributed by atoms with Crippen LogP contribution >= 0.6 is 0 Å². The van der Waals surface area contributed by atoms with Gasteiger partial charge in [0.15, 0.2) is 5.82 Å². The van der Waals surface area contributed by atoms with Crippen LogP contribution in [-0.4, -0.2) is 25.7 Å². The van der Waals surface area contributed by atoms with Crippen LogP contribution in [0.2, 0.25) is 0 Å². The lowest BCUT2D eigenvalue weighted by Gasteiger charge is -1.96. The number of carbonyl (C=O) groups excluding carboxylic acids is 1. The van der Waals surface area contributed by atoms with Crippen molar-refractivity contribution >= 4 is 11.7 Å². The van der Waals surface area contributed by atoms with Crippen molar-refractivity contribution in [1.29, 1.82) is 0 Å². The fourth-order valence-electron chi connectivity index (χ4n) is 1.19. The first-order chi connectivity index (χ1) is 7.15. The van der Waals surface area contributed by atoms with Crippen molar-refractivity contribution in [3.05, 3.63) is 30.0 Å². The molecule has 0 saturated carbocycles. The molecular formula is C9H11N5O. The molecule has 0 saturated heterocycles. The molecule has 2 rings (SSSR count). The van der Waals surface area contributed by atoms with E-state index in [9.17, 15) is 4.79 Å². The summed E-state index contributed by atoms with van der Waals surface area (Å²) in [6, 6.07) is 1.75. The zero-order chi connectivity index (χ0) is 10.8. The number of nitrogens with one attached hydrogen (secondary N) is 2. The number of aryl methyl sites for hydroxylation is 2. The Kier molecular flexibility index (Phi) is 2.24. The van der Waals surface area contributed by atoms with Crippen LogP contribution < -0.4 is 5.32 Å². The maximum Gasteiger partial charge on any atom is 0.277 e. The van der Waals surface area contributed by atoms with Crippen LogP contribution in [0.3, 0.4) is 0 Å². The summed E-state index contributed by atoms with van der Waals surface area (Å²) in [6.07, 6.45) is 3.22.